The van der Waals surface area contributed by atoms with E-state index in [1.165, 1.54) is 17.0 Å². The number of aromatic nitrogens is 2. The SMILES string of the molecule is CCc1cc2c(Nc3cc([N+](=O)[O-])ccc3C)nc(Cl)nc2s1. The molecule has 1 aromatic carbocycles. The lowest BCUT2D eigenvalue weighted by atomic mass is 10.1. The molecule has 0 fully saturated rings. The topological polar surface area (TPSA) is 81.0 Å². The molecule has 8 heteroatoms. The molecule has 0 spiro atoms. The Morgan fingerprint density at radius 1 is 1.35 bits per heavy atom. The highest BCUT2D eigenvalue weighted by molar-refractivity contribution is 7.18. The molecule has 0 saturated heterocycles. The van der Waals surface area contributed by atoms with Crippen LogP contribution in [0.25, 0.3) is 10.2 Å². The fourth-order valence-corrected chi connectivity index (χ4v) is 3.39. The van der Waals surface area contributed by atoms with E-state index in [4.69, 9.17) is 11.6 Å². The first-order chi connectivity index (χ1) is 11.0. The van der Waals surface area contributed by atoms with E-state index in [1.807, 2.05) is 13.0 Å². The van der Waals surface area contributed by atoms with E-state index < -0.39 is 4.92 Å². The van der Waals surface area contributed by atoms with Gasteiger partial charge in [-0.15, -0.1) is 11.3 Å². The molecule has 0 unspecified atom stereocenters. The molecule has 0 aliphatic heterocycles. The van der Waals surface area contributed by atoms with Crippen molar-refractivity contribution in [2.75, 3.05) is 5.32 Å². The van der Waals surface area contributed by atoms with E-state index in [-0.39, 0.29) is 11.0 Å². The average molecular weight is 349 g/mol. The smallest absolute Gasteiger partial charge is 0.271 e. The highest BCUT2D eigenvalue weighted by Gasteiger charge is 2.14. The summed E-state index contributed by atoms with van der Waals surface area (Å²) in [7, 11) is 0. The molecule has 0 radical (unpaired) electrons. The van der Waals surface area contributed by atoms with Gasteiger partial charge in [0.05, 0.1) is 10.3 Å². The van der Waals surface area contributed by atoms with Crippen molar-refractivity contribution < 1.29 is 4.92 Å². The van der Waals surface area contributed by atoms with Crippen LogP contribution in [0.5, 0.6) is 0 Å². The molecule has 2 aromatic heterocycles. The predicted octanol–water partition coefficient (Wildman–Crippen LogP) is 4.87. The van der Waals surface area contributed by atoms with Crippen LogP contribution in [0.2, 0.25) is 5.28 Å². The number of thiophene rings is 1. The minimum Gasteiger partial charge on any atom is -0.339 e. The van der Waals surface area contributed by atoms with Gasteiger partial charge in [-0.25, -0.2) is 4.98 Å². The van der Waals surface area contributed by atoms with Gasteiger partial charge in [-0.05, 0) is 36.6 Å². The number of benzene rings is 1. The van der Waals surface area contributed by atoms with E-state index in [2.05, 4.69) is 22.2 Å². The summed E-state index contributed by atoms with van der Waals surface area (Å²) in [6.07, 6.45) is 0.897. The predicted molar refractivity (Wildman–Crippen MR) is 92.9 cm³/mol. The zero-order valence-electron chi connectivity index (χ0n) is 12.5. The minimum atomic E-state index is -0.424. The van der Waals surface area contributed by atoms with Crippen molar-refractivity contribution in [2.45, 2.75) is 20.3 Å². The van der Waals surface area contributed by atoms with E-state index in [0.29, 0.717) is 11.5 Å². The molecule has 0 atom stereocenters. The van der Waals surface area contributed by atoms with Gasteiger partial charge in [-0.1, -0.05) is 13.0 Å². The molecule has 0 saturated carbocycles. The highest BCUT2D eigenvalue weighted by atomic mass is 35.5. The largest absolute Gasteiger partial charge is 0.339 e. The molecule has 1 N–H and O–H groups in total. The molecule has 6 nitrogen and oxygen atoms in total. The average Bonchev–Trinajstić information content (AvgIpc) is 2.92. The second-order valence-electron chi connectivity index (χ2n) is 5.01. The molecule has 118 valence electrons. The third-order valence-electron chi connectivity index (χ3n) is 3.45. The highest BCUT2D eigenvalue weighted by Crippen LogP contribution is 2.33. The van der Waals surface area contributed by atoms with Crippen molar-refractivity contribution in [3.63, 3.8) is 0 Å². The zero-order valence-corrected chi connectivity index (χ0v) is 14.0. The Balaban J connectivity index is 2.09. The summed E-state index contributed by atoms with van der Waals surface area (Å²) in [5.41, 5.74) is 1.53. The van der Waals surface area contributed by atoms with Crippen LogP contribution in [-0.2, 0) is 6.42 Å². The van der Waals surface area contributed by atoms with Gasteiger partial charge in [-0.3, -0.25) is 10.1 Å². The van der Waals surface area contributed by atoms with Gasteiger partial charge in [-0.2, -0.15) is 4.98 Å². The normalized spacial score (nSPS) is 10.9. The first-order valence-corrected chi connectivity index (χ1v) is 8.15. The molecule has 0 aliphatic carbocycles. The molecule has 0 bridgehead atoms. The van der Waals surface area contributed by atoms with Crippen LogP contribution in [0.15, 0.2) is 24.3 Å². The maximum absolute atomic E-state index is 11.0. The Labute approximate surface area is 141 Å². The van der Waals surface area contributed by atoms with Crippen LogP contribution in [0.1, 0.15) is 17.4 Å². The molecular formula is C15H13ClN4O2S. The number of nitrogens with zero attached hydrogens (tertiary/aromatic N) is 3. The van der Waals surface area contributed by atoms with E-state index in [1.54, 1.807) is 17.4 Å². The number of hydrogen-bond donors (Lipinski definition) is 1. The Morgan fingerprint density at radius 2 is 2.13 bits per heavy atom. The fraction of sp³-hybridized carbons (Fsp3) is 0.200. The lowest BCUT2D eigenvalue weighted by Crippen LogP contribution is -1.99. The van der Waals surface area contributed by atoms with Crippen LogP contribution in [0.3, 0.4) is 0 Å². The van der Waals surface area contributed by atoms with Crippen LogP contribution >= 0.6 is 22.9 Å². The maximum Gasteiger partial charge on any atom is 0.271 e. The number of halogens is 1. The second kappa shape index (κ2) is 6.10. The number of nitro groups is 1. The number of nitro benzene ring substituents is 1. The van der Waals surface area contributed by atoms with Crippen LogP contribution in [-0.4, -0.2) is 14.9 Å². The lowest BCUT2D eigenvalue weighted by Gasteiger charge is -2.09. The third kappa shape index (κ3) is 3.11. The first kappa shape index (κ1) is 15.6. The third-order valence-corrected chi connectivity index (χ3v) is 4.79. The van der Waals surface area contributed by atoms with Gasteiger partial charge >= 0.3 is 0 Å². The quantitative estimate of drug-likeness (QED) is 0.413. The van der Waals surface area contributed by atoms with Crippen LogP contribution < -0.4 is 5.32 Å². The van der Waals surface area contributed by atoms with Crippen LogP contribution in [0.4, 0.5) is 17.2 Å². The Kier molecular flexibility index (Phi) is 4.14. The van der Waals surface area contributed by atoms with Crippen molar-refractivity contribution in [1.82, 2.24) is 9.97 Å². The molecule has 0 amide bonds. The molecule has 3 aromatic rings. The Bertz CT molecular complexity index is 910. The number of fused-ring (bicyclic) bond motifs is 1. The number of nitrogens with one attached hydrogen (secondary N) is 1. The molecular weight excluding hydrogens is 336 g/mol. The van der Waals surface area contributed by atoms with Crippen molar-refractivity contribution in [3.05, 3.63) is 50.1 Å². The fourth-order valence-electron chi connectivity index (χ4n) is 2.20. The summed E-state index contributed by atoms with van der Waals surface area (Å²) in [6, 6.07) is 6.68. The van der Waals surface area contributed by atoms with Gasteiger partial charge in [0, 0.05) is 22.7 Å². The lowest BCUT2D eigenvalue weighted by molar-refractivity contribution is -0.384. The molecule has 0 aliphatic rings. The molecule has 2 heterocycles. The monoisotopic (exact) mass is 348 g/mol. The van der Waals surface area contributed by atoms with E-state index in [9.17, 15) is 10.1 Å². The number of rotatable bonds is 4. The van der Waals surface area contributed by atoms with Crippen LogP contribution in [0, 0.1) is 17.0 Å². The summed E-state index contributed by atoms with van der Waals surface area (Å²) in [6.45, 7) is 3.94. The number of non-ortho nitro benzene ring substituents is 1. The van der Waals surface area contributed by atoms with E-state index in [0.717, 1.165) is 22.2 Å². The number of hydrogen-bond acceptors (Lipinski definition) is 6. The van der Waals surface area contributed by atoms with Crippen molar-refractivity contribution in [3.8, 4) is 0 Å². The van der Waals surface area contributed by atoms with Gasteiger partial charge < -0.3 is 5.32 Å². The molecule has 3 rings (SSSR count). The Morgan fingerprint density at radius 3 is 2.83 bits per heavy atom. The van der Waals surface area contributed by atoms with Gasteiger partial charge in [0.1, 0.15) is 10.6 Å². The number of aryl methyl sites for hydroxylation is 2. The standard InChI is InChI=1S/C15H13ClN4O2S/c1-3-10-7-11-13(18-15(16)19-14(11)23-10)17-12-6-9(20(21)22)5-4-8(12)2/h4-7H,3H2,1-2H3,(H,17,18,19). The van der Waals surface area contributed by atoms with Gasteiger partial charge in [0.15, 0.2) is 0 Å². The van der Waals surface area contributed by atoms with Gasteiger partial charge in [0.2, 0.25) is 5.28 Å². The second-order valence-corrected chi connectivity index (χ2v) is 6.46. The summed E-state index contributed by atoms with van der Waals surface area (Å²) < 4.78 is 0. The summed E-state index contributed by atoms with van der Waals surface area (Å²) in [5, 5.41) is 15.1. The zero-order chi connectivity index (χ0) is 16.6. The van der Waals surface area contributed by atoms with Gasteiger partial charge in [0.25, 0.3) is 5.69 Å². The maximum atomic E-state index is 11.0. The number of anilines is 2. The summed E-state index contributed by atoms with van der Waals surface area (Å²) in [4.78, 5) is 21.0. The Hall–Kier alpha value is -2.25. The van der Waals surface area contributed by atoms with Crippen molar-refractivity contribution >= 4 is 50.3 Å². The summed E-state index contributed by atoms with van der Waals surface area (Å²) >= 11 is 7.56. The van der Waals surface area contributed by atoms with E-state index >= 15 is 0 Å². The first-order valence-electron chi connectivity index (χ1n) is 6.96. The minimum absolute atomic E-state index is 0.0223. The molecule has 23 heavy (non-hydrogen) atoms. The van der Waals surface area contributed by atoms with Crippen molar-refractivity contribution in [2.24, 2.45) is 0 Å². The summed E-state index contributed by atoms with van der Waals surface area (Å²) in [5.74, 6) is 0.555. The van der Waals surface area contributed by atoms with Crippen molar-refractivity contribution in [1.29, 1.82) is 0 Å².